The van der Waals surface area contributed by atoms with Crippen LogP contribution in [0.25, 0.3) is 16.8 Å². The maximum absolute atomic E-state index is 4.31. The lowest BCUT2D eigenvalue weighted by Gasteiger charge is -2.31. The first kappa shape index (κ1) is 19.6. The van der Waals surface area contributed by atoms with Gasteiger partial charge in [-0.2, -0.15) is 0 Å². The van der Waals surface area contributed by atoms with Crippen LogP contribution in [0.4, 0.5) is 0 Å². The zero-order valence-corrected chi connectivity index (χ0v) is 17.9. The third kappa shape index (κ3) is 4.78. The first-order valence-corrected chi connectivity index (χ1v) is 10.1. The predicted molar refractivity (Wildman–Crippen MR) is 121 cm³/mol. The van der Waals surface area contributed by atoms with Crippen molar-refractivity contribution in [3.05, 3.63) is 71.4 Å². The minimum atomic E-state index is 0.199. The lowest BCUT2D eigenvalue weighted by Crippen LogP contribution is -2.39. The van der Waals surface area contributed by atoms with Gasteiger partial charge in [0.15, 0.2) is 4.90 Å². The van der Waals surface area contributed by atoms with Crippen LogP contribution in [0.1, 0.15) is 43.4 Å². The standard InChI is InChI=1S/C24H30N2S/c1-16-6-8-20(9-7-16)23-13-21(27)12-22(17(23)2)18(3)25-14-19-10-11-24(4,5)26-15-19/h6-9,12-13,15,25-27H,3,10-11,14H2,1-2,4-5H3/p+1. The highest BCUT2D eigenvalue weighted by Crippen LogP contribution is 2.30. The fraction of sp³-hybridized carbons (Fsp3) is 0.333. The maximum atomic E-state index is 4.31. The summed E-state index contributed by atoms with van der Waals surface area (Å²) in [5.41, 5.74) is 8.69. The number of nitrogens with one attached hydrogen (secondary N) is 2. The van der Waals surface area contributed by atoms with Gasteiger partial charge in [0.25, 0.3) is 0 Å². The zero-order valence-electron chi connectivity index (χ0n) is 16.9. The Bertz CT molecular complexity index is 876. The Kier molecular flexibility index (Phi) is 5.71. The van der Waals surface area contributed by atoms with Crippen molar-refractivity contribution in [2.45, 2.75) is 51.0 Å². The highest BCUT2D eigenvalue weighted by molar-refractivity contribution is 7.58. The van der Waals surface area contributed by atoms with Crippen molar-refractivity contribution in [2.75, 3.05) is 6.54 Å². The second kappa shape index (κ2) is 7.85. The van der Waals surface area contributed by atoms with Gasteiger partial charge in [-0.15, -0.1) is 0 Å². The molecule has 1 heterocycles. The van der Waals surface area contributed by atoms with E-state index in [0.717, 1.165) is 35.5 Å². The first-order chi connectivity index (χ1) is 12.7. The Morgan fingerprint density at radius 1 is 1.19 bits per heavy atom. The maximum Gasteiger partial charge on any atom is 0.151 e. The van der Waals surface area contributed by atoms with Gasteiger partial charge in [-0.1, -0.05) is 36.4 Å². The molecular formula is C24H31N2S+. The normalized spacial score (nSPS) is 15.7. The van der Waals surface area contributed by atoms with Crippen molar-refractivity contribution in [3.63, 3.8) is 0 Å². The molecule has 0 aliphatic carbocycles. The van der Waals surface area contributed by atoms with E-state index in [9.17, 15) is 0 Å². The van der Waals surface area contributed by atoms with Crippen LogP contribution in [0.2, 0.25) is 0 Å². The van der Waals surface area contributed by atoms with E-state index in [0.29, 0.717) is 0 Å². The summed E-state index contributed by atoms with van der Waals surface area (Å²) in [5.74, 6) is 0. The molecule has 3 heteroatoms. The molecule has 142 valence electrons. The molecule has 0 bridgehead atoms. The fourth-order valence-corrected chi connectivity index (χ4v) is 3.72. The van der Waals surface area contributed by atoms with Gasteiger partial charge in [0, 0.05) is 35.5 Å². The molecule has 0 saturated heterocycles. The van der Waals surface area contributed by atoms with Gasteiger partial charge in [-0.3, -0.25) is 0 Å². The Morgan fingerprint density at radius 2 is 1.89 bits per heavy atom. The Balaban J connectivity index is 1.79. The Hall–Kier alpha value is -2.13. The lowest BCUT2D eigenvalue weighted by atomic mass is 9.92. The summed E-state index contributed by atoms with van der Waals surface area (Å²) in [6.45, 7) is 13.9. The van der Waals surface area contributed by atoms with Crippen molar-refractivity contribution in [3.8, 4) is 11.1 Å². The summed E-state index contributed by atoms with van der Waals surface area (Å²) in [7, 11) is 0. The van der Waals surface area contributed by atoms with E-state index >= 15 is 0 Å². The minimum absolute atomic E-state index is 0.199. The molecule has 2 nitrogen and oxygen atoms in total. The second-order valence-corrected chi connectivity index (χ2v) is 8.80. The summed E-state index contributed by atoms with van der Waals surface area (Å²) < 4.78 is 0. The van der Waals surface area contributed by atoms with Gasteiger partial charge in [0.2, 0.25) is 0 Å². The molecule has 1 aliphatic heterocycles. The quantitative estimate of drug-likeness (QED) is 0.719. The molecule has 2 aromatic rings. The average Bonchev–Trinajstić information content (AvgIpc) is 2.63. The minimum Gasteiger partial charge on any atom is -0.386 e. The van der Waals surface area contributed by atoms with E-state index in [4.69, 9.17) is 0 Å². The highest BCUT2D eigenvalue weighted by Gasteiger charge is 2.20. The van der Waals surface area contributed by atoms with Crippen molar-refractivity contribution in [1.29, 1.82) is 0 Å². The molecule has 1 aliphatic rings. The molecule has 0 aromatic heterocycles. The summed E-state index contributed by atoms with van der Waals surface area (Å²) in [6, 6.07) is 13.0. The first-order valence-electron chi connectivity index (χ1n) is 9.57. The van der Waals surface area contributed by atoms with Crippen LogP contribution in [0.15, 0.2) is 59.6 Å². The van der Waals surface area contributed by atoms with E-state index in [1.54, 1.807) is 0 Å². The molecule has 0 unspecified atom stereocenters. The van der Waals surface area contributed by atoms with Crippen LogP contribution in [0.3, 0.4) is 0 Å². The number of aryl methyl sites for hydroxylation is 1. The summed E-state index contributed by atoms with van der Waals surface area (Å²) in [4.78, 5) is 1.06. The molecule has 0 spiro atoms. The van der Waals surface area contributed by atoms with E-state index < -0.39 is 0 Å². The molecule has 0 saturated carbocycles. The van der Waals surface area contributed by atoms with Crippen LogP contribution >= 0.6 is 0 Å². The van der Waals surface area contributed by atoms with Gasteiger partial charge in [-0.25, -0.2) is 0 Å². The van der Waals surface area contributed by atoms with Gasteiger partial charge >= 0.3 is 0 Å². The molecule has 0 atom stereocenters. The smallest absolute Gasteiger partial charge is 0.151 e. The Morgan fingerprint density at radius 3 is 2.52 bits per heavy atom. The second-order valence-electron chi connectivity index (χ2n) is 8.23. The summed E-state index contributed by atoms with van der Waals surface area (Å²) >= 11 is 3.73. The summed E-state index contributed by atoms with van der Waals surface area (Å²) in [6.07, 6.45) is 4.43. The monoisotopic (exact) mass is 379 g/mol. The third-order valence-electron chi connectivity index (χ3n) is 5.36. The topological polar surface area (TPSA) is 24.1 Å². The van der Waals surface area contributed by atoms with Gasteiger partial charge in [0.05, 0.1) is 0 Å². The van der Waals surface area contributed by atoms with E-state index in [1.807, 2.05) is 0 Å². The molecule has 0 amide bonds. The van der Waals surface area contributed by atoms with Crippen molar-refractivity contribution in [2.24, 2.45) is 0 Å². The SMILES string of the molecule is C=C(NCC1=CNC(C)(C)CC1)c1cc([SH2+])cc(-c2ccc(C)cc2)c1C. The number of rotatable bonds is 5. The molecule has 27 heavy (non-hydrogen) atoms. The third-order valence-corrected chi connectivity index (χ3v) is 5.65. The highest BCUT2D eigenvalue weighted by atomic mass is 32.1. The van der Waals surface area contributed by atoms with Crippen LogP contribution in [0, 0.1) is 13.8 Å². The molecule has 0 radical (unpaired) electrons. The lowest BCUT2D eigenvalue weighted by molar-refractivity contribution is 0.387. The summed E-state index contributed by atoms with van der Waals surface area (Å²) in [5, 5.41) is 7.02. The van der Waals surface area contributed by atoms with E-state index in [-0.39, 0.29) is 5.54 Å². The van der Waals surface area contributed by atoms with Crippen molar-refractivity contribution in [1.82, 2.24) is 10.6 Å². The number of hydrogen-bond acceptors (Lipinski definition) is 2. The van der Waals surface area contributed by atoms with Crippen molar-refractivity contribution >= 4 is 18.3 Å². The molecule has 2 N–H and O–H groups in total. The van der Waals surface area contributed by atoms with E-state index in [1.165, 1.54) is 27.8 Å². The molecule has 2 aromatic carbocycles. The van der Waals surface area contributed by atoms with Gasteiger partial charge < -0.3 is 10.6 Å². The van der Waals surface area contributed by atoms with Crippen LogP contribution in [-0.2, 0) is 12.6 Å². The van der Waals surface area contributed by atoms with Crippen LogP contribution < -0.4 is 10.6 Å². The largest absolute Gasteiger partial charge is 0.386 e. The fourth-order valence-electron chi connectivity index (χ4n) is 3.43. The van der Waals surface area contributed by atoms with Gasteiger partial charge in [-0.05, 0) is 81.6 Å². The van der Waals surface area contributed by atoms with Crippen LogP contribution in [-0.4, -0.2) is 12.1 Å². The number of hydrogen-bond donors (Lipinski definition) is 2. The molecule has 0 fully saturated rings. The number of benzene rings is 2. The van der Waals surface area contributed by atoms with Crippen molar-refractivity contribution < 1.29 is 0 Å². The van der Waals surface area contributed by atoms with Crippen LogP contribution in [0.5, 0.6) is 0 Å². The van der Waals surface area contributed by atoms with Gasteiger partial charge in [0.1, 0.15) is 0 Å². The Labute approximate surface area is 169 Å². The predicted octanol–water partition coefficient (Wildman–Crippen LogP) is 4.95. The molecular weight excluding hydrogens is 348 g/mol. The molecule has 3 rings (SSSR count). The average molecular weight is 380 g/mol. The zero-order chi connectivity index (χ0) is 19.6. The van der Waals surface area contributed by atoms with E-state index in [2.05, 4.69) is 100 Å².